The van der Waals surface area contributed by atoms with E-state index in [0.29, 0.717) is 31.1 Å². The van der Waals surface area contributed by atoms with Crippen molar-refractivity contribution in [2.45, 2.75) is 65.3 Å². The SMILES string of the molecule is Cc1ccc2c(cnn2C(=O)CCCC(=O)N[C@@H]2CCC[C@H](C)[C@@H]2C)c1. The number of benzene rings is 1. The molecule has 3 atom stereocenters. The van der Waals surface area contributed by atoms with Gasteiger partial charge in [-0.25, -0.2) is 4.68 Å². The smallest absolute Gasteiger partial charge is 0.247 e. The molecule has 1 aliphatic carbocycles. The van der Waals surface area contributed by atoms with Crippen LogP contribution in [0.25, 0.3) is 10.9 Å². The van der Waals surface area contributed by atoms with Crippen molar-refractivity contribution in [2.75, 3.05) is 0 Å². The first-order valence-corrected chi connectivity index (χ1v) is 9.72. The van der Waals surface area contributed by atoms with Crippen LogP contribution in [0, 0.1) is 18.8 Å². The molecule has 1 amide bonds. The summed E-state index contributed by atoms with van der Waals surface area (Å²) >= 11 is 0. The summed E-state index contributed by atoms with van der Waals surface area (Å²) in [6.07, 6.45) is 6.48. The van der Waals surface area contributed by atoms with Gasteiger partial charge < -0.3 is 5.32 Å². The van der Waals surface area contributed by atoms with Crippen LogP contribution in [0.2, 0.25) is 0 Å². The largest absolute Gasteiger partial charge is 0.353 e. The summed E-state index contributed by atoms with van der Waals surface area (Å²) in [4.78, 5) is 24.7. The maximum Gasteiger partial charge on any atom is 0.247 e. The van der Waals surface area contributed by atoms with E-state index in [9.17, 15) is 9.59 Å². The molecular formula is C21H29N3O2. The number of aryl methyl sites for hydroxylation is 1. The molecule has 0 saturated heterocycles. The Morgan fingerprint density at radius 1 is 1.23 bits per heavy atom. The van der Waals surface area contributed by atoms with E-state index >= 15 is 0 Å². The van der Waals surface area contributed by atoms with Crippen molar-refractivity contribution in [3.63, 3.8) is 0 Å². The van der Waals surface area contributed by atoms with Crippen molar-refractivity contribution in [3.05, 3.63) is 30.0 Å². The monoisotopic (exact) mass is 355 g/mol. The van der Waals surface area contributed by atoms with Crippen molar-refractivity contribution in [1.82, 2.24) is 15.1 Å². The Morgan fingerprint density at radius 2 is 2.04 bits per heavy atom. The molecule has 1 fully saturated rings. The van der Waals surface area contributed by atoms with Gasteiger partial charge in [0.25, 0.3) is 0 Å². The summed E-state index contributed by atoms with van der Waals surface area (Å²) in [5, 5.41) is 8.35. The average molecular weight is 355 g/mol. The number of carbonyl (C=O) groups is 2. The fourth-order valence-corrected chi connectivity index (χ4v) is 3.92. The highest BCUT2D eigenvalue weighted by atomic mass is 16.2. The molecule has 26 heavy (non-hydrogen) atoms. The number of hydrogen-bond donors (Lipinski definition) is 1. The number of nitrogens with zero attached hydrogens (tertiary/aromatic N) is 2. The van der Waals surface area contributed by atoms with E-state index in [2.05, 4.69) is 24.3 Å². The van der Waals surface area contributed by atoms with Crippen molar-refractivity contribution in [3.8, 4) is 0 Å². The van der Waals surface area contributed by atoms with Crippen molar-refractivity contribution < 1.29 is 9.59 Å². The lowest BCUT2D eigenvalue weighted by molar-refractivity contribution is -0.122. The Morgan fingerprint density at radius 3 is 2.85 bits per heavy atom. The number of rotatable bonds is 5. The lowest BCUT2D eigenvalue weighted by Crippen LogP contribution is -2.43. The molecule has 3 rings (SSSR count). The Balaban J connectivity index is 1.49. The number of fused-ring (bicyclic) bond motifs is 1. The minimum atomic E-state index is -0.0590. The topological polar surface area (TPSA) is 64.0 Å². The highest BCUT2D eigenvalue weighted by molar-refractivity contribution is 5.91. The van der Waals surface area contributed by atoms with Crippen molar-refractivity contribution in [1.29, 1.82) is 0 Å². The van der Waals surface area contributed by atoms with Gasteiger partial charge in [-0.2, -0.15) is 5.10 Å². The second-order valence-electron chi connectivity index (χ2n) is 7.81. The summed E-state index contributed by atoms with van der Waals surface area (Å²) in [6.45, 7) is 6.51. The van der Waals surface area contributed by atoms with Crippen LogP contribution in [0.4, 0.5) is 0 Å². The normalized spacial score (nSPS) is 23.1. The molecule has 0 spiro atoms. The molecular weight excluding hydrogens is 326 g/mol. The Labute approximate surface area is 155 Å². The molecule has 1 N–H and O–H groups in total. The zero-order valence-corrected chi connectivity index (χ0v) is 16.0. The van der Waals surface area contributed by atoms with Gasteiger partial charge in [0, 0.05) is 24.3 Å². The van der Waals surface area contributed by atoms with Crippen molar-refractivity contribution in [2.24, 2.45) is 11.8 Å². The van der Waals surface area contributed by atoms with Gasteiger partial charge in [0.2, 0.25) is 11.8 Å². The molecule has 1 heterocycles. The van der Waals surface area contributed by atoms with E-state index in [-0.39, 0.29) is 17.9 Å². The second-order valence-corrected chi connectivity index (χ2v) is 7.81. The van der Waals surface area contributed by atoms with Crippen molar-refractivity contribution >= 4 is 22.7 Å². The zero-order chi connectivity index (χ0) is 18.7. The minimum Gasteiger partial charge on any atom is -0.353 e. The third-order valence-corrected chi connectivity index (χ3v) is 5.81. The Hall–Kier alpha value is -2.17. The summed E-state index contributed by atoms with van der Waals surface area (Å²) in [7, 11) is 0. The first-order chi connectivity index (χ1) is 12.5. The minimum absolute atomic E-state index is 0.0590. The predicted octanol–water partition coefficient (Wildman–Crippen LogP) is 4.10. The summed E-state index contributed by atoms with van der Waals surface area (Å²) in [5.74, 6) is 1.18. The highest BCUT2D eigenvalue weighted by Gasteiger charge is 2.27. The van der Waals surface area contributed by atoms with Crippen LogP contribution >= 0.6 is 0 Å². The van der Waals surface area contributed by atoms with E-state index in [4.69, 9.17) is 0 Å². The molecule has 1 aromatic carbocycles. The second kappa shape index (κ2) is 8.02. The van der Waals surface area contributed by atoms with E-state index < -0.39 is 0 Å². The molecule has 0 aliphatic heterocycles. The summed E-state index contributed by atoms with van der Waals surface area (Å²) in [5.41, 5.74) is 1.97. The van der Waals surface area contributed by atoms with Gasteiger partial charge in [-0.05, 0) is 43.7 Å². The highest BCUT2D eigenvalue weighted by Crippen LogP contribution is 2.29. The van der Waals surface area contributed by atoms with Gasteiger partial charge in [-0.1, -0.05) is 38.3 Å². The summed E-state index contributed by atoms with van der Waals surface area (Å²) < 4.78 is 1.46. The molecule has 0 bridgehead atoms. The van der Waals surface area contributed by atoms with E-state index in [1.165, 1.54) is 17.5 Å². The van der Waals surface area contributed by atoms with Crippen LogP contribution in [-0.2, 0) is 4.79 Å². The molecule has 2 aromatic rings. The molecule has 5 nitrogen and oxygen atoms in total. The number of carbonyl (C=O) groups excluding carboxylic acids is 2. The molecule has 1 aromatic heterocycles. The quantitative estimate of drug-likeness (QED) is 0.878. The third-order valence-electron chi connectivity index (χ3n) is 5.81. The Bertz CT molecular complexity index is 796. The molecule has 0 unspecified atom stereocenters. The number of aromatic nitrogens is 2. The number of hydrogen-bond acceptors (Lipinski definition) is 3. The standard InChI is InChI=1S/C21H29N3O2/c1-14-10-11-19-17(12-14)13-22-24(19)21(26)9-5-8-20(25)23-18-7-4-6-15(2)16(18)3/h10-13,15-16,18H,4-9H2,1-3H3,(H,23,25)/t15-,16-,18+/m0/s1. The Kier molecular flexibility index (Phi) is 5.74. The average Bonchev–Trinajstić information content (AvgIpc) is 3.02. The summed E-state index contributed by atoms with van der Waals surface area (Å²) in [6, 6.07) is 6.20. The van der Waals surface area contributed by atoms with Crippen LogP contribution in [0.3, 0.4) is 0 Å². The molecule has 1 aliphatic rings. The van der Waals surface area contributed by atoms with Crippen LogP contribution < -0.4 is 5.32 Å². The van der Waals surface area contributed by atoms with Gasteiger partial charge in [-0.15, -0.1) is 0 Å². The molecule has 1 saturated carbocycles. The number of amides is 1. The van der Waals surface area contributed by atoms with Crippen LogP contribution in [0.15, 0.2) is 24.4 Å². The predicted molar refractivity (Wildman–Crippen MR) is 103 cm³/mol. The van der Waals surface area contributed by atoms with Gasteiger partial charge in [0.1, 0.15) is 0 Å². The maximum absolute atomic E-state index is 12.4. The van der Waals surface area contributed by atoms with Crippen LogP contribution in [-0.4, -0.2) is 27.6 Å². The third kappa shape index (κ3) is 4.14. The lowest BCUT2D eigenvalue weighted by Gasteiger charge is -2.34. The van der Waals surface area contributed by atoms with E-state index in [1.54, 1.807) is 6.20 Å². The zero-order valence-electron chi connectivity index (χ0n) is 16.0. The van der Waals surface area contributed by atoms with E-state index in [1.807, 2.05) is 25.1 Å². The van der Waals surface area contributed by atoms with Gasteiger partial charge in [0.05, 0.1) is 11.7 Å². The lowest BCUT2D eigenvalue weighted by atomic mass is 9.78. The van der Waals surface area contributed by atoms with Gasteiger partial charge >= 0.3 is 0 Å². The fourth-order valence-electron chi connectivity index (χ4n) is 3.92. The van der Waals surface area contributed by atoms with E-state index in [0.717, 1.165) is 22.9 Å². The van der Waals surface area contributed by atoms with Crippen LogP contribution in [0.1, 0.15) is 62.7 Å². The van der Waals surface area contributed by atoms with Crippen LogP contribution in [0.5, 0.6) is 0 Å². The first kappa shape index (κ1) is 18.6. The molecule has 140 valence electrons. The number of nitrogens with one attached hydrogen (secondary N) is 1. The molecule has 5 heteroatoms. The fraction of sp³-hybridized carbons (Fsp3) is 0.571. The van der Waals surface area contributed by atoms with Gasteiger partial charge in [0.15, 0.2) is 0 Å². The first-order valence-electron chi connectivity index (χ1n) is 9.72. The maximum atomic E-state index is 12.4. The molecule has 0 radical (unpaired) electrons. The van der Waals surface area contributed by atoms with Gasteiger partial charge in [-0.3, -0.25) is 9.59 Å².